The van der Waals surface area contributed by atoms with Crippen LogP contribution in [-0.4, -0.2) is 175 Å². The molecule has 3 aliphatic rings. The van der Waals surface area contributed by atoms with Crippen molar-refractivity contribution < 1.29 is 83.2 Å². The van der Waals surface area contributed by atoms with Crippen molar-refractivity contribution in [3.05, 3.63) is 70.1 Å². The molecule has 0 bridgehead atoms. The maximum absolute atomic E-state index is 14.1. The molecule has 2 fully saturated rings. The van der Waals surface area contributed by atoms with E-state index in [1.165, 1.54) is 61.5 Å². The largest absolute Gasteiger partial charge is 0.497 e. The molecule has 17 nitrogen and oxygen atoms in total. The number of aliphatic hydroxyl groups is 7. The summed E-state index contributed by atoms with van der Waals surface area (Å²) in [4.78, 5) is 14.1. The molecule has 0 aromatic heterocycles. The third-order valence-electron chi connectivity index (χ3n) is 12.5. The molecule has 0 aliphatic carbocycles. The van der Waals surface area contributed by atoms with Gasteiger partial charge in [0.25, 0.3) is 0 Å². The van der Waals surface area contributed by atoms with Crippen molar-refractivity contribution in [2.75, 3.05) is 48.8 Å². The van der Waals surface area contributed by atoms with Crippen molar-refractivity contribution in [3.8, 4) is 0 Å². The van der Waals surface area contributed by atoms with Crippen molar-refractivity contribution in [1.29, 1.82) is 0 Å². The van der Waals surface area contributed by atoms with Gasteiger partial charge in [0.1, 0.15) is 48.0 Å². The summed E-state index contributed by atoms with van der Waals surface area (Å²) in [5, 5.41) is 79.5. The zero-order valence-electron chi connectivity index (χ0n) is 39.8. The van der Waals surface area contributed by atoms with E-state index in [-0.39, 0.29) is 31.6 Å². The second kappa shape index (κ2) is 26.1. The standard InChI is InChI=1S/C47H76O17.CH4/c1-25-17-26(2)19-34(49)36(58-11)23-35(30(6)47(55)43(60-13)42(52)46(8,54)37(64-47)15-14-16-56-9)62-44(53)29(5)21-33(57-10)22-32(24-48)20-28(4)40(27(3)18-25)63-45-39(51)38(50)41(59-12)31(7)61-45;/h17-22,28,30-31,34-43,45,48-52,54-55H,14-16,23-24H2,1-13H3;1H4/b25-17+,26-19-,27-18+,29-21+,32-20-,33-22-;/t28?,30-,31+,34?,35?,36?,37+,38+,39+,40?,41+,42+,43+,45+,46+,47-;/m0./s1. The molecule has 3 aliphatic heterocycles. The molecule has 0 aromatic carbocycles. The Bertz CT molecular complexity index is 1700. The lowest BCUT2D eigenvalue weighted by Crippen LogP contribution is -2.72. The molecule has 3 rings (SSSR count). The maximum Gasteiger partial charge on any atom is 0.334 e. The van der Waals surface area contributed by atoms with Gasteiger partial charge >= 0.3 is 5.97 Å². The number of carbonyl (C=O) groups excluding carboxylic acids is 1. The lowest BCUT2D eigenvalue weighted by molar-refractivity contribution is -0.393. The molecule has 16 atom stereocenters. The minimum atomic E-state index is -2.34. The molecule has 7 N–H and O–H groups in total. The third-order valence-corrected chi connectivity index (χ3v) is 12.5. The number of rotatable bonds is 13. The maximum atomic E-state index is 14.1. The molecule has 5 unspecified atom stereocenters. The van der Waals surface area contributed by atoms with Gasteiger partial charge in [0.05, 0.1) is 50.2 Å². The first-order chi connectivity index (χ1) is 30.0. The van der Waals surface area contributed by atoms with E-state index in [0.29, 0.717) is 29.7 Å². The van der Waals surface area contributed by atoms with E-state index in [1.54, 1.807) is 32.9 Å². The predicted molar refractivity (Wildman–Crippen MR) is 242 cm³/mol. The van der Waals surface area contributed by atoms with Crippen LogP contribution in [0.1, 0.15) is 82.1 Å². The molecule has 2 saturated heterocycles. The van der Waals surface area contributed by atoms with Crippen LogP contribution in [0.25, 0.3) is 0 Å². The Morgan fingerprint density at radius 1 is 0.877 bits per heavy atom. The monoisotopic (exact) mass is 929 g/mol. The number of aliphatic hydroxyl groups excluding tert-OH is 5. The SMILES string of the molecule is C.COCCC[C@H]1O[C@@](O)([C@@H](C)C2CC(OC)C(O)\C=C(C)/C=C(C)/C=C(\C)C(O[C@H]3O[C@H](C)[C@@H](OC)[C@H](O)[C@H]3O)C(C)/C=C(CO)/C=C(OC)/C=C(\C)C(=O)O2)[C@H](OC)[C@@H](O)[C@]1(C)O. The highest BCUT2D eigenvalue weighted by molar-refractivity contribution is 5.88. The van der Waals surface area contributed by atoms with Gasteiger partial charge in [-0.1, -0.05) is 56.7 Å². The summed E-state index contributed by atoms with van der Waals surface area (Å²) in [7, 11) is 6.98. The van der Waals surface area contributed by atoms with Crippen LogP contribution in [0.3, 0.4) is 0 Å². The lowest BCUT2D eigenvalue weighted by Gasteiger charge is -2.54. The number of carbonyl (C=O) groups is 1. The zero-order valence-corrected chi connectivity index (χ0v) is 39.8. The van der Waals surface area contributed by atoms with E-state index in [2.05, 4.69) is 0 Å². The summed E-state index contributed by atoms with van der Waals surface area (Å²) in [6.45, 7) is 13.4. The van der Waals surface area contributed by atoms with Gasteiger partial charge in [-0.3, -0.25) is 0 Å². The van der Waals surface area contributed by atoms with Crippen molar-refractivity contribution >= 4 is 5.97 Å². The molecule has 374 valence electrons. The fourth-order valence-corrected chi connectivity index (χ4v) is 8.71. The van der Waals surface area contributed by atoms with Crippen LogP contribution < -0.4 is 0 Å². The number of hydrogen-bond donors (Lipinski definition) is 7. The fourth-order valence-electron chi connectivity index (χ4n) is 8.71. The molecular formula is C48H80O17. The number of hydrogen-bond acceptors (Lipinski definition) is 17. The van der Waals surface area contributed by atoms with Crippen LogP contribution in [0, 0.1) is 11.8 Å². The summed E-state index contributed by atoms with van der Waals surface area (Å²) in [5.74, 6) is -4.66. The molecule has 17 heteroatoms. The zero-order chi connectivity index (χ0) is 48.3. The molecule has 0 amide bonds. The van der Waals surface area contributed by atoms with Crippen molar-refractivity contribution in [2.24, 2.45) is 11.8 Å². The Kier molecular flexibility index (Phi) is 23.4. The van der Waals surface area contributed by atoms with Gasteiger partial charge in [0.15, 0.2) is 6.29 Å². The highest BCUT2D eigenvalue weighted by Gasteiger charge is 2.62. The van der Waals surface area contributed by atoms with Crippen LogP contribution in [0.5, 0.6) is 0 Å². The Morgan fingerprint density at radius 2 is 1.54 bits per heavy atom. The van der Waals surface area contributed by atoms with Crippen LogP contribution >= 0.6 is 0 Å². The Labute approximate surface area is 385 Å². The summed E-state index contributed by atoms with van der Waals surface area (Å²) in [5.41, 5.74) is 0.700. The van der Waals surface area contributed by atoms with E-state index < -0.39 is 109 Å². The van der Waals surface area contributed by atoms with Crippen molar-refractivity contribution in [1.82, 2.24) is 0 Å². The molecular weight excluding hydrogens is 849 g/mol. The number of methoxy groups -OCH3 is 5. The Morgan fingerprint density at radius 3 is 2.11 bits per heavy atom. The Hall–Kier alpha value is -2.85. The quantitative estimate of drug-likeness (QED) is 0.104. The highest BCUT2D eigenvalue weighted by Crippen LogP contribution is 2.44. The smallest absolute Gasteiger partial charge is 0.334 e. The molecule has 0 spiro atoms. The average molecular weight is 929 g/mol. The fraction of sp³-hybridized carbons (Fsp3) is 0.729. The van der Waals surface area contributed by atoms with E-state index in [4.69, 9.17) is 42.6 Å². The molecule has 3 heterocycles. The topological polar surface area (TPSA) is 242 Å². The van der Waals surface area contributed by atoms with Crippen LogP contribution in [-0.2, 0) is 47.4 Å². The van der Waals surface area contributed by atoms with Gasteiger partial charge in [-0.05, 0) is 77.7 Å². The highest BCUT2D eigenvalue weighted by atomic mass is 16.7. The van der Waals surface area contributed by atoms with E-state index in [1.807, 2.05) is 32.9 Å². The first kappa shape index (κ1) is 58.3. The van der Waals surface area contributed by atoms with Gasteiger partial charge in [0, 0.05) is 53.0 Å². The molecule has 65 heavy (non-hydrogen) atoms. The van der Waals surface area contributed by atoms with Gasteiger partial charge in [-0.2, -0.15) is 0 Å². The normalized spacial score (nSPS) is 42.6. The van der Waals surface area contributed by atoms with Gasteiger partial charge < -0.3 is 78.4 Å². The number of cyclic esters (lactones) is 1. The molecule has 0 radical (unpaired) electrons. The lowest BCUT2D eigenvalue weighted by atomic mass is 9.75. The number of esters is 1. The average Bonchev–Trinajstić information content (AvgIpc) is 3.23. The van der Waals surface area contributed by atoms with Gasteiger partial charge in [-0.15, -0.1) is 0 Å². The van der Waals surface area contributed by atoms with Crippen LogP contribution in [0.2, 0.25) is 0 Å². The minimum Gasteiger partial charge on any atom is -0.497 e. The second-order valence-corrected chi connectivity index (χ2v) is 17.5. The second-order valence-electron chi connectivity index (χ2n) is 17.5. The van der Waals surface area contributed by atoms with E-state index in [9.17, 15) is 40.5 Å². The van der Waals surface area contributed by atoms with Crippen LogP contribution in [0.4, 0.5) is 0 Å². The first-order valence-electron chi connectivity index (χ1n) is 21.8. The Balaban J connectivity index is 0.0000145. The number of allylic oxidation sites excluding steroid dienone is 5. The van der Waals surface area contributed by atoms with Gasteiger partial charge in [0.2, 0.25) is 5.79 Å². The number of ether oxygens (including phenoxy) is 9. The summed E-state index contributed by atoms with van der Waals surface area (Å²) in [6, 6.07) is 0. The van der Waals surface area contributed by atoms with E-state index in [0.717, 1.165) is 5.57 Å². The first-order valence-corrected chi connectivity index (χ1v) is 21.8. The van der Waals surface area contributed by atoms with Crippen molar-refractivity contribution in [3.63, 3.8) is 0 Å². The summed E-state index contributed by atoms with van der Waals surface area (Å²) < 4.78 is 52.4. The minimum absolute atomic E-state index is 0. The van der Waals surface area contributed by atoms with Gasteiger partial charge in [-0.25, -0.2) is 4.79 Å². The third kappa shape index (κ3) is 14.6. The summed E-state index contributed by atoms with van der Waals surface area (Å²) in [6.07, 6.45) is -3.49. The van der Waals surface area contributed by atoms with Crippen LogP contribution in [0.15, 0.2) is 70.1 Å². The summed E-state index contributed by atoms with van der Waals surface area (Å²) >= 11 is 0. The van der Waals surface area contributed by atoms with Crippen molar-refractivity contribution in [2.45, 2.75) is 167 Å². The van der Waals surface area contributed by atoms with E-state index >= 15 is 0 Å². The molecule has 0 aromatic rings. The predicted octanol–water partition coefficient (Wildman–Crippen LogP) is 3.33. The molecule has 0 saturated carbocycles.